The zero-order valence-electron chi connectivity index (χ0n) is 11.7. The van der Waals surface area contributed by atoms with Crippen LogP contribution in [0, 0.1) is 5.82 Å². The summed E-state index contributed by atoms with van der Waals surface area (Å²) in [7, 11) is 0. The van der Waals surface area contributed by atoms with Crippen LogP contribution in [0.5, 0.6) is 0 Å². The van der Waals surface area contributed by atoms with Crippen molar-refractivity contribution in [3.63, 3.8) is 0 Å². The Balaban J connectivity index is 1.77. The third-order valence-electron chi connectivity index (χ3n) is 3.98. The van der Waals surface area contributed by atoms with Crippen LogP contribution >= 0.6 is 0 Å². The summed E-state index contributed by atoms with van der Waals surface area (Å²) in [5.74, 6) is 0.425. The number of aromatic nitrogens is 4. The summed E-state index contributed by atoms with van der Waals surface area (Å²) in [5.41, 5.74) is 1.68. The summed E-state index contributed by atoms with van der Waals surface area (Å²) in [5, 5.41) is 7.58. The molecule has 110 valence electrons. The van der Waals surface area contributed by atoms with Crippen molar-refractivity contribution in [3.8, 4) is 0 Å². The van der Waals surface area contributed by atoms with E-state index in [0.29, 0.717) is 17.9 Å². The largest absolute Gasteiger partial charge is 0.347 e. The highest BCUT2D eigenvalue weighted by atomic mass is 19.1. The van der Waals surface area contributed by atoms with Gasteiger partial charge in [-0.15, -0.1) is 0 Å². The average molecular weight is 295 g/mol. The molecule has 5 nitrogen and oxygen atoms in total. The maximum absolute atomic E-state index is 14.2. The highest BCUT2D eigenvalue weighted by molar-refractivity contribution is 5.37. The Morgan fingerprint density at radius 1 is 1.18 bits per heavy atom. The van der Waals surface area contributed by atoms with E-state index in [-0.39, 0.29) is 17.9 Å². The average Bonchev–Trinajstić information content (AvgIpc) is 3.04. The second kappa shape index (κ2) is 5.22. The molecule has 0 aliphatic carbocycles. The van der Waals surface area contributed by atoms with Crippen LogP contribution in [0.1, 0.15) is 29.6 Å². The summed E-state index contributed by atoms with van der Waals surface area (Å²) in [6, 6.07) is 10.6. The SMILES string of the molecule is Fc1ccccc1C1CC(c2cccnc2)Nc2ncnn21. The van der Waals surface area contributed by atoms with E-state index in [2.05, 4.69) is 20.4 Å². The Labute approximate surface area is 126 Å². The van der Waals surface area contributed by atoms with Crippen LogP contribution in [0.15, 0.2) is 55.1 Å². The number of pyridine rings is 1. The third-order valence-corrected chi connectivity index (χ3v) is 3.98. The van der Waals surface area contributed by atoms with Gasteiger partial charge in [-0.2, -0.15) is 10.1 Å². The first-order valence-corrected chi connectivity index (χ1v) is 7.13. The van der Waals surface area contributed by atoms with Gasteiger partial charge in [0.05, 0.1) is 12.1 Å². The normalized spacial score (nSPS) is 20.2. The lowest BCUT2D eigenvalue weighted by molar-refractivity contribution is 0.415. The van der Waals surface area contributed by atoms with Gasteiger partial charge < -0.3 is 5.32 Å². The number of halogens is 1. The summed E-state index contributed by atoms with van der Waals surface area (Å²) < 4.78 is 16.0. The lowest BCUT2D eigenvalue weighted by Gasteiger charge is -2.31. The molecule has 1 aromatic carbocycles. The van der Waals surface area contributed by atoms with Gasteiger partial charge in [0, 0.05) is 18.0 Å². The van der Waals surface area contributed by atoms with Gasteiger partial charge in [-0.25, -0.2) is 9.07 Å². The number of hydrogen-bond donors (Lipinski definition) is 1. The third kappa shape index (κ3) is 2.13. The molecule has 2 unspecified atom stereocenters. The summed E-state index contributed by atoms with van der Waals surface area (Å²) in [6.07, 6.45) is 5.73. The Morgan fingerprint density at radius 2 is 2.09 bits per heavy atom. The number of fused-ring (bicyclic) bond motifs is 1. The maximum Gasteiger partial charge on any atom is 0.222 e. The number of nitrogens with zero attached hydrogens (tertiary/aromatic N) is 4. The van der Waals surface area contributed by atoms with Gasteiger partial charge in [0.15, 0.2) is 0 Å². The molecular formula is C16H14FN5. The van der Waals surface area contributed by atoms with Crippen molar-refractivity contribution in [1.82, 2.24) is 19.7 Å². The Bertz CT molecular complexity index is 786. The molecule has 0 fully saturated rings. The van der Waals surface area contributed by atoms with Crippen LogP contribution in [-0.4, -0.2) is 19.7 Å². The van der Waals surface area contributed by atoms with Crippen molar-refractivity contribution in [1.29, 1.82) is 0 Å². The fraction of sp³-hybridized carbons (Fsp3) is 0.188. The molecule has 6 heteroatoms. The number of anilines is 1. The molecule has 1 aliphatic rings. The van der Waals surface area contributed by atoms with Crippen LogP contribution in [0.4, 0.5) is 10.3 Å². The predicted molar refractivity (Wildman–Crippen MR) is 79.8 cm³/mol. The van der Waals surface area contributed by atoms with Crippen molar-refractivity contribution in [3.05, 3.63) is 72.1 Å². The predicted octanol–water partition coefficient (Wildman–Crippen LogP) is 2.96. The van der Waals surface area contributed by atoms with Gasteiger partial charge in [0.2, 0.25) is 5.95 Å². The Kier molecular flexibility index (Phi) is 3.07. The minimum Gasteiger partial charge on any atom is -0.347 e. The molecule has 1 aliphatic heterocycles. The second-order valence-electron chi connectivity index (χ2n) is 5.28. The second-order valence-corrected chi connectivity index (χ2v) is 5.28. The molecule has 0 radical (unpaired) electrons. The minimum atomic E-state index is -0.221. The molecule has 0 saturated carbocycles. The van der Waals surface area contributed by atoms with E-state index >= 15 is 0 Å². The highest BCUT2D eigenvalue weighted by Crippen LogP contribution is 2.37. The Hall–Kier alpha value is -2.76. The lowest BCUT2D eigenvalue weighted by atomic mass is 9.94. The summed E-state index contributed by atoms with van der Waals surface area (Å²) in [6.45, 7) is 0. The van der Waals surface area contributed by atoms with Crippen molar-refractivity contribution in [2.24, 2.45) is 0 Å². The molecular weight excluding hydrogens is 281 g/mol. The van der Waals surface area contributed by atoms with Crippen molar-refractivity contribution in [2.45, 2.75) is 18.5 Å². The van der Waals surface area contributed by atoms with E-state index in [1.807, 2.05) is 24.4 Å². The molecule has 2 aromatic heterocycles. The summed E-state index contributed by atoms with van der Waals surface area (Å²) >= 11 is 0. The molecule has 2 atom stereocenters. The van der Waals surface area contributed by atoms with Gasteiger partial charge in [-0.05, 0) is 24.1 Å². The van der Waals surface area contributed by atoms with E-state index < -0.39 is 0 Å². The standard InChI is InChI=1S/C16H14FN5/c17-13-6-2-1-5-12(13)15-8-14(11-4-3-7-18-9-11)21-16-19-10-20-22(15)16/h1-7,9-10,14-15H,8H2,(H,19,20,21). The van der Waals surface area contributed by atoms with Gasteiger partial charge in [0.25, 0.3) is 0 Å². The molecule has 0 bridgehead atoms. The number of nitrogens with one attached hydrogen (secondary N) is 1. The fourth-order valence-corrected chi connectivity index (χ4v) is 2.92. The number of benzene rings is 1. The first-order valence-electron chi connectivity index (χ1n) is 7.13. The Morgan fingerprint density at radius 3 is 2.91 bits per heavy atom. The van der Waals surface area contributed by atoms with Crippen molar-refractivity contribution < 1.29 is 4.39 Å². The topological polar surface area (TPSA) is 55.6 Å². The van der Waals surface area contributed by atoms with E-state index in [9.17, 15) is 4.39 Å². The van der Waals surface area contributed by atoms with Crippen LogP contribution in [-0.2, 0) is 0 Å². The van der Waals surface area contributed by atoms with Crippen LogP contribution in [0.25, 0.3) is 0 Å². The van der Waals surface area contributed by atoms with Crippen molar-refractivity contribution >= 4 is 5.95 Å². The van der Waals surface area contributed by atoms with E-state index in [4.69, 9.17) is 0 Å². The quantitative estimate of drug-likeness (QED) is 0.789. The van der Waals surface area contributed by atoms with Crippen molar-refractivity contribution in [2.75, 3.05) is 5.32 Å². The van der Waals surface area contributed by atoms with Gasteiger partial charge in [0.1, 0.15) is 12.1 Å². The number of hydrogen-bond acceptors (Lipinski definition) is 4. The highest BCUT2D eigenvalue weighted by Gasteiger charge is 2.31. The molecule has 1 N–H and O–H groups in total. The maximum atomic E-state index is 14.2. The van der Waals surface area contributed by atoms with E-state index in [0.717, 1.165) is 5.56 Å². The van der Waals surface area contributed by atoms with Gasteiger partial charge >= 0.3 is 0 Å². The van der Waals surface area contributed by atoms with Crippen LogP contribution in [0.2, 0.25) is 0 Å². The van der Waals surface area contributed by atoms with Gasteiger partial charge in [-0.3, -0.25) is 4.98 Å². The smallest absolute Gasteiger partial charge is 0.222 e. The lowest BCUT2D eigenvalue weighted by Crippen LogP contribution is -2.28. The monoisotopic (exact) mass is 295 g/mol. The molecule has 3 aromatic rings. The van der Waals surface area contributed by atoms with Crippen LogP contribution < -0.4 is 5.32 Å². The first kappa shape index (κ1) is 12.9. The molecule has 4 rings (SSSR count). The molecule has 22 heavy (non-hydrogen) atoms. The summed E-state index contributed by atoms with van der Waals surface area (Å²) in [4.78, 5) is 8.40. The molecule has 0 amide bonds. The number of rotatable bonds is 2. The minimum absolute atomic E-state index is 0.0232. The molecule has 3 heterocycles. The van der Waals surface area contributed by atoms with Crippen LogP contribution in [0.3, 0.4) is 0 Å². The fourth-order valence-electron chi connectivity index (χ4n) is 2.92. The molecule has 0 saturated heterocycles. The first-order chi connectivity index (χ1) is 10.8. The van der Waals surface area contributed by atoms with E-state index in [1.165, 1.54) is 12.4 Å². The zero-order valence-corrected chi connectivity index (χ0v) is 11.7. The van der Waals surface area contributed by atoms with Gasteiger partial charge in [-0.1, -0.05) is 24.3 Å². The van der Waals surface area contributed by atoms with E-state index in [1.54, 1.807) is 23.0 Å². The molecule has 0 spiro atoms. The zero-order chi connectivity index (χ0) is 14.9.